The van der Waals surface area contributed by atoms with Crippen LogP contribution in [0.3, 0.4) is 0 Å². The Kier molecular flexibility index (Phi) is 8.16. The third-order valence-corrected chi connectivity index (χ3v) is 5.29. The Morgan fingerprint density at radius 1 is 0.880 bits per heavy atom. The van der Waals surface area contributed by atoms with Gasteiger partial charge in [-0.25, -0.2) is 0 Å². The molecular formula is C19H32O6. The number of aliphatic hydroxyl groups is 2. The number of carbonyl (C=O) groups excluding carboxylic acids is 2. The Balaban J connectivity index is 1.57. The van der Waals surface area contributed by atoms with Gasteiger partial charge in [-0.1, -0.05) is 6.92 Å². The summed E-state index contributed by atoms with van der Waals surface area (Å²) in [7, 11) is 0. The highest BCUT2D eigenvalue weighted by atomic mass is 16.5. The van der Waals surface area contributed by atoms with Crippen LogP contribution in [0.4, 0.5) is 0 Å². The largest absolute Gasteiger partial charge is 0.462 e. The molecular weight excluding hydrogens is 324 g/mol. The van der Waals surface area contributed by atoms with Crippen LogP contribution in [-0.2, 0) is 19.1 Å². The van der Waals surface area contributed by atoms with Crippen LogP contribution < -0.4 is 0 Å². The Morgan fingerprint density at radius 2 is 1.36 bits per heavy atom. The fourth-order valence-electron chi connectivity index (χ4n) is 3.52. The maximum Gasteiger partial charge on any atom is 0.308 e. The lowest BCUT2D eigenvalue weighted by Crippen LogP contribution is -2.29. The molecule has 0 spiro atoms. The molecule has 0 unspecified atom stereocenters. The monoisotopic (exact) mass is 356 g/mol. The van der Waals surface area contributed by atoms with Crippen molar-refractivity contribution in [2.45, 2.75) is 102 Å². The van der Waals surface area contributed by atoms with Crippen molar-refractivity contribution < 1.29 is 29.3 Å². The summed E-state index contributed by atoms with van der Waals surface area (Å²) in [6, 6.07) is 0. The maximum absolute atomic E-state index is 12.1. The van der Waals surface area contributed by atoms with Gasteiger partial charge in [-0.05, 0) is 64.2 Å². The minimum Gasteiger partial charge on any atom is -0.462 e. The van der Waals surface area contributed by atoms with Crippen molar-refractivity contribution >= 4 is 11.9 Å². The van der Waals surface area contributed by atoms with Crippen molar-refractivity contribution in [3.63, 3.8) is 0 Å². The van der Waals surface area contributed by atoms with E-state index in [0.29, 0.717) is 44.9 Å². The van der Waals surface area contributed by atoms with Crippen LogP contribution in [0.2, 0.25) is 0 Å². The summed E-state index contributed by atoms with van der Waals surface area (Å²) in [6.07, 6.45) is 6.53. The predicted molar refractivity (Wildman–Crippen MR) is 91.7 cm³/mol. The molecule has 144 valence electrons. The van der Waals surface area contributed by atoms with Crippen LogP contribution in [0.5, 0.6) is 0 Å². The van der Waals surface area contributed by atoms with Crippen LogP contribution >= 0.6 is 0 Å². The van der Waals surface area contributed by atoms with Crippen LogP contribution in [0.25, 0.3) is 0 Å². The second-order valence-electron chi connectivity index (χ2n) is 7.58. The molecule has 0 aromatic rings. The average molecular weight is 356 g/mol. The summed E-state index contributed by atoms with van der Waals surface area (Å²) in [5.41, 5.74) is 0. The van der Waals surface area contributed by atoms with E-state index in [9.17, 15) is 19.8 Å². The van der Waals surface area contributed by atoms with Gasteiger partial charge in [0.1, 0.15) is 12.2 Å². The number of rotatable bonds is 7. The first-order chi connectivity index (χ1) is 11.9. The highest BCUT2D eigenvalue weighted by Gasteiger charge is 2.25. The number of ether oxygens (including phenoxy) is 2. The molecule has 2 fully saturated rings. The fraction of sp³-hybridized carbons (Fsp3) is 0.895. The van der Waals surface area contributed by atoms with Crippen LogP contribution in [0.15, 0.2) is 0 Å². The molecule has 0 amide bonds. The smallest absolute Gasteiger partial charge is 0.308 e. The van der Waals surface area contributed by atoms with Gasteiger partial charge in [-0.2, -0.15) is 0 Å². The number of aliphatic hydroxyl groups excluding tert-OH is 2. The van der Waals surface area contributed by atoms with E-state index in [1.807, 2.05) is 6.92 Å². The van der Waals surface area contributed by atoms with Gasteiger partial charge >= 0.3 is 11.9 Å². The molecule has 25 heavy (non-hydrogen) atoms. The van der Waals surface area contributed by atoms with Crippen molar-refractivity contribution in [1.29, 1.82) is 0 Å². The lowest BCUT2D eigenvalue weighted by molar-refractivity contribution is -0.157. The first-order valence-corrected chi connectivity index (χ1v) is 9.70. The van der Waals surface area contributed by atoms with Crippen LogP contribution in [-0.4, -0.2) is 46.6 Å². The Hall–Kier alpha value is -1.14. The van der Waals surface area contributed by atoms with Crippen LogP contribution in [0, 0.1) is 5.92 Å². The number of hydrogen-bond donors (Lipinski definition) is 2. The summed E-state index contributed by atoms with van der Waals surface area (Å²) < 4.78 is 10.9. The minimum absolute atomic E-state index is 0.0695. The van der Waals surface area contributed by atoms with E-state index in [-0.39, 0.29) is 42.3 Å². The third-order valence-electron chi connectivity index (χ3n) is 5.29. The minimum atomic E-state index is -0.259. The fourth-order valence-corrected chi connectivity index (χ4v) is 3.52. The number of esters is 2. The van der Waals surface area contributed by atoms with E-state index in [1.54, 1.807) is 0 Å². The zero-order valence-electron chi connectivity index (χ0n) is 15.2. The van der Waals surface area contributed by atoms with Crippen molar-refractivity contribution in [2.24, 2.45) is 5.92 Å². The first kappa shape index (κ1) is 20.2. The van der Waals surface area contributed by atoms with Crippen LogP contribution in [0.1, 0.15) is 77.6 Å². The van der Waals surface area contributed by atoms with Gasteiger partial charge in [-0.15, -0.1) is 0 Å². The normalized spacial score (nSPS) is 31.2. The van der Waals surface area contributed by atoms with Gasteiger partial charge in [0.05, 0.1) is 18.1 Å². The van der Waals surface area contributed by atoms with Crippen molar-refractivity contribution in [2.75, 3.05) is 0 Å². The van der Waals surface area contributed by atoms with E-state index in [4.69, 9.17) is 9.47 Å². The number of hydrogen-bond acceptors (Lipinski definition) is 6. The van der Waals surface area contributed by atoms with Crippen molar-refractivity contribution in [3.05, 3.63) is 0 Å². The molecule has 2 rings (SSSR count). The van der Waals surface area contributed by atoms with E-state index in [2.05, 4.69) is 0 Å². The second kappa shape index (κ2) is 10.1. The molecule has 1 atom stereocenters. The zero-order valence-corrected chi connectivity index (χ0v) is 15.2. The topological polar surface area (TPSA) is 93.1 Å². The van der Waals surface area contributed by atoms with Gasteiger partial charge in [0.2, 0.25) is 0 Å². The number of carbonyl (C=O) groups is 2. The molecule has 6 nitrogen and oxygen atoms in total. The molecule has 0 radical (unpaired) electrons. The summed E-state index contributed by atoms with van der Waals surface area (Å²) >= 11 is 0. The van der Waals surface area contributed by atoms with E-state index in [0.717, 1.165) is 25.7 Å². The molecule has 2 aliphatic carbocycles. The molecule has 2 saturated carbocycles. The molecule has 0 aromatic carbocycles. The lowest BCUT2D eigenvalue weighted by Gasteiger charge is -2.26. The summed E-state index contributed by atoms with van der Waals surface area (Å²) in [6.45, 7) is 1.83. The first-order valence-electron chi connectivity index (χ1n) is 9.70. The zero-order chi connectivity index (χ0) is 18.2. The van der Waals surface area contributed by atoms with E-state index in [1.165, 1.54) is 0 Å². The highest BCUT2D eigenvalue weighted by molar-refractivity contribution is 5.72. The summed E-state index contributed by atoms with van der Waals surface area (Å²) in [4.78, 5) is 24.0. The SMILES string of the molecule is C[C@H](CCCC(=O)O[C@H]1CC[C@H](O)CC1)C(=O)O[C@H]1CC[C@H](O)CC1. The molecule has 0 heterocycles. The average Bonchev–Trinajstić information content (AvgIpc) is 2.59. The standard InChI is InChI=1S/C19H32O6/c1-13(19(23)25-17-11-7-15(21)8-12-17)3-2-4-18(22)24-16-9-5-14(20)6-10-16/h13-17,20-21H,2-12H2,1H3/t13-,14-,15-,16-,17-/m1/s1. The lowest BCUT2D eigenvalue weighted by atomic mass is 9.95. The van der Waals surface area contributed by atoms with Crippen molar-refractivity contribution in [3.8, 4) is 0 Å². The van der Waals surface area contributed by atoms with Crippen molar-refractivity contribution in [1.82, 2.24) is 0 Å². The van der Waals surface area contributed by atoms with Gasteiger partial charge in [0.15, 0.2) is 0 Å². The molecule has 0 saturated heterocycles. The summed E-state index contributed by atoms with van der Waals surface area (Å²) in [5, 5.41) is 18.9. The molecule has 6 heteroatoms. The molecule has 0 bridgehead atoms. The molecule has 2 N–H and O–H groups in total. The molecule has 0 aliphatic heterocycles. The van der Waals surface area contributed by atoms with Gasteiger partial charge in [-0.3, -0.25) is 9.59 Å². The Morgan fingerprint density at radius 3 is 1.88 bits per heavy atom. The third kappa shape index (κ3) is 7.32. The van der Waals surface area contributed by atoms with E-state index < -0.39 is 0 Å². The van der Waals surface area contributed by atoms with E-state index >= 15 is 0 Å². The summed E-state index contributed by atoms with van der Waals surface area (Å²) in [5.74, 6) is -0.663. The molecule has 2 aliphatic rings. The van der Waals surface area contributed by atoms with Gasteiger partial charge < -0.3 is 19.7 Å². The van der Waals surface area contributed by atoms with Gasteiger partial charge in [0, 0.05) is 6.42 Å². The molecule has 0 aromatic heterocycles. The predicted octanol–water partition coefficient (Wildman–Crippen LogP) is 2.49. The highest BCUT2D eigenvalue weighted by Crippen LogP contribution is 2.24. The second-order valence-corrected chi connectivity index (χ2v) is 7.58. The Bertz CT molecular complexity index is 422. The maximum atomic E-state index is 12.1. The Labute approximate surface area is 149 Å². The van der Waals surface area contributed by atoms with Gasteiger partial charge in [0.25, 0.3) is 0 Å². The quantitative estimate of drug-likeness (QED) is 0.681.